The zero-order valence-corrected chi connectivity index (χ0v) is 21.6. The van der Waals surface area contributed by atoms with E-state index in [0.29, 0.717) is 25.7 Å². The van der Waals surface area contributed by atoms with Gasteiger partial charge in [0, 0.05) is 37.1 Å². The van der Waals surface area contributed by atoms with Crippen LogP contribution in [0, 0.1) is 0 Å². The summed E-state index contributed by atoms with van der Waals surface area (Å²) in [5, 5.41) is 39.5. The number of benzene rings is 1. The van der Waals surface area contributed by atoms with Crippen molar-refractivity contribution in [2.45, 2.75) is 82.6 Å². The summed E-state index contributed by atoms with van der Waals surface area (Å²) in [5.74, 6) is -0.343. The Labute approximate surface area is 220 Å². The van der Waals surface area contributed by atoms with Crippen LogP contribution in [0.25, 0.3) is 0 Å². The zero-order chi connectivity index (χ0) is 27.8. The average molecular weight is 537 g/mol. The Morgan fingerprint density at radius 1 is 1.18 bits per heavy atom. The third kappa shape index (κ3) is 7.73. The quantitative estimate of drug-likeness (QED) is 0.215. The molecule has 11 nitrogen and oxygen atoms in total. The highest BCUT2D eigenvalue weighted by Crippen LogP contribution is 2.31. The van der Waals surface area contributed by atoms with Crippen LogP contribution in [0.15, 0.2) is 24.3 Å². The van der Waals surface area contributed by atoms with E-state index >= 15 is 0 Å². The molecule has 1 fully saturated rings. The summed E-state index contributed by atoms with van der Waals surface area (Å²) in [6.07, 6.45) is -5.85. The van der Waals surface area contributed by atoms with Crippen molar-refractivity contribution in [2.24, 2.45) is 5.73 Å². The molecule has 12 heteroatoms. The second-order valence-electron chi connectivity index (χ2n) is 9.76. The van der Waals surface area contributed by atoms with Gasteiger partial charge in [0.05, 0.1) is 6.61 Å². The molecular weight excluding hydrogens is 499 g/mol. The van der Waals surface area contributed by atoms with Crippen LogP contribution in [0.2, 0.25) is 0 Å². The van der Waals surface area contributed by atoms with Crippen LogP contribution in [-0.2, 0) is 27.2 Å². The zero-order valence-electron chi connectivity index (χ0n) is 21.6. The van der Waals surface area contributed by atoms with Gasteiger partial charge in [-0.15, -0.1) is 5.10 Å². The number of alkyl halides is 1. The maximum absolute atomic E-state index is 14.1. The molecule has 3 rings (SSSR count). The number of aromatic nitrogens is 2. The number of aliphatic hydroxyl groups excluding tert-OH is 3. The summed E-state index contributed by atoms with van der Waals surface area (Å²) in [5.41, 5.74) is 8.64. The highest BCUT2D eigenvalue weighted by Gasteiger charge is 2.46. The number of hydrogen-bond donors (Lipinski definition) is 6. The second kappa shape index (κ2) is 13.7. The predicted molar refractivity (Wildman–Crippen MR) is 135 cm³/mol. The number of carbonyl (C=O) groups is 2. The number of primary amides is 1. The Morgan fingerprint density at radius 3 is 2.50 bits per heavy atom. The standard InChI is InChI=1S/C26H37FN4O7/c1-14(2)22-17(25(31-30-22)38-26-24(36)23(35)21(27)18(13-32)37-26)12-16-8-6-15(7-9-16)4-3-5-20(34)29-11-10-19(28)33/h6-9,14,18,21,23-24,26,32,35-36H,3-5,10-13H2,1-2H3,(H2,28,33)(H,29,34)(H,30,31). The molecule has 0 aliphatic carbocycles. The number of H-pyrrole nitrogens is 1. The molecule has 0 spiro atoms. The van der Waals surface area contributed by atoms with Gasteiger partial charge in [0.1, 0.15) is 18.3 Å². The number of amides is 2. The lowest BCUT2D eigenvalue weighted by molar-refractivity contribution is -0.265. The fourth-order valence-electron chi connectivity index (χ4n) is 4.25. The van der Waals surface area contributed by atoms with E-state index in [2.05, 4.69) is 15.5 Å². The molecule has 1 aromatic heterocycles. The number of ether oxygens (including phenoxy) is 2. The number of hydrogen-bond acceptors (Lipinski definition) is 8. The predicted octanol–water partition coefficient (Wildman–Crippen LogP) is 0.594. The molecular formula is C26H37FN4O7. The fraction of sp³-hybridized carbons (Fsp3) is 0.577. The number of aliphatic hydroxyl groups is 3. The molecule has 0 radical (unpaired) electrons. The first kappa shape index (κ1) is 29.5. The van der Waals surface area contributed by atoms with Crippen LogP contribution >= 0.6 is 0 Å². The van der Waals surface area contributed by atoms with Gasteiger partial charge in [-0.25, -0.2) is 4.39 Å². The molecule has 210 valence electrons. The average Bonchev–Trinajstić information content (AvgIpc) is 3.27. The third-order valence-electron chi connectivity index (χ3n) is 6.43. The van der Waals surface area contributed by atoms with Crippen molar-refractivity contribution >= 4 is 11.8 Å². The van der Waals surface area contributed by atoms with Crippen molar-refractivity contribution in [3.63, 3.8) is 0 Å². The number of aromatic amines is 1. The molecule has 2 heterocycles. The molecule has 7 N–H and O–H groups in total. The smallest absolute Gasteiger partial charge is 0.238 e. The van der Waals surface area contributed by atoms with Gasteiger partial charge < -0.3 is 35.8 Å². The molecule has 0 saturated carbocycles. The third-order valence-corrected chi connectivity index (χ3v) is 6.43. The summed E-state index contributed by atoms with van der Waals surface area (Å²) in [7, 11) is 0. The molecule has 0 bridgehead atoms. The minimum atomic E-state index is -1.95. The molecule has 38 heavy (non-hydrogen) atoms. The number of nitrogens with two attached hydrogens (primary N) is 1. The van der Waals surface area contributed by atoms with Gasteiger partial charge in [-0.2, -0.15) is 0 Å². The van der Waals surface area contributed by atoms with E-state index in [9.17, 15) is 29.3 Å². The van der Waals surface area contributed by atoms with Gasteiger partial charge in [-0.05, 0) is 29.9 Å². The Kier molecular flexibility index (Phi) is 10.6. The Morgan fingerprint density at radius 2 is 1.87 bits per heavy atom. The van der Waals surface area contributed by atoms with Crippen molar-refractivity contribution in [2.75, 3.05) is 13.2 Å². The first-order valence-corrected chi connectivity index (χ1v) is 12.7. The molecule has 2 amide bonds. The lowest BCUT2D eigenvalue weighted by atomic mass is 9.98. The monoisotopic (exact) mass is 536 g/mol. The van der Waals surface area contributed by atoms with E-state index in [4.69, 9.17) is 15.2 Å². The van der Waals surface area contributed by atoms with Crippen molar-refractivity contribution in [1.82, 2.24) is 15.5 Å². The van der Waals surface area contributed by atoms with Gasteiger partial charge in [-0.3, -0.25) is 14.7 Å². The van der Waals surface area contributed by atoms with E-state index in [1.165, 1.54) is 0 Å². The van der Waals surface area contributed by atoms with Crippen molar-refractivity contribution < 1.29 is 38.8 Å². The molecule has 5 atom stereocenters. The molecule has 5 unspecified atom stereocenters. The van der Waals surface area contributed by atoms with Crippen molar-refractivity contribution in [1.29, 1.82) is 0 Å². The van der Waals surface area contributed by atoms with E-state index in [1.54, 1.807) is 0 Å². The van der Waals surface area contributed by atoms with Crippen LogP contribution in [-0.4, -0.2) is 81.3 Å². The van der Waals surface area contributed by atoms with Gasteiger partial charge in [-0.1, -0.05) is 38.1 Å². The van der Waals surface area contributed by atoms with E-state index in [-0.39, 0.29) is 30.7 Å². The summed E-state index contributed by atoms with van der Waals surface area (Å²) in [4.78, 5) is 22.6. The molecule has 1 saturated heterocycles. The van der Waals surface area contributed by atoms with Gasteiger partial charge in [0.15, 0.2) is 6.17 Å². The first-order chi connectivity index (χ1) is 18.1. The highest BCUT2D eigenvalue weighted by atomic mass is 19.1. The fourth-order valence-corrected chi connectivity index (χ4v) is 4.25. The largest absolute Gasteiger partial charge is 0.443 e. The minimum absolute atomic E-state index is 0.0754. The summed E-state index contributed by atoms with van der Waals surface area (Å²) >= 11 is 0. The maximum atomic E-state index is 14.1. The van der Waals surface area contributed by atoms with Gasteiger partial charge in [0.25, 0.3) is 0 Å². The highest BCUT2D eigenvalue weighted by molar-refractivity contribution is 5.78. The van der Waals surface area contributed by atoms with E-state index in [0.717, 1.165) is 22.4 Å². The first-order valence-electron chi connectivity index (χ1n) is 12.7. The van der Waals surface area contributed by atoms with Gasteiger partial charge >= 0.3 is 0 Å². The molecule has 2 aromatic rings. The van der Waals surface area contributed by atoms with Crippen LogP contribution in [0.3, 0.4) is 0 Å². The SMILES string of the molecule is CC(C)c1[nH]nc(OC2OC(CO)C(F)C(O)C2O)c1Cc1ccc(CCCC(=O)NCCC(N)=O)cc1. The Balaban J connectivity index is 1.62. The van der Waals surface area contributed by atoms with E-state index in [1.807, 2.05) is 38.1 Å². The lowest BCUT2D eigenvalue weighted by Gasteiger charge is -2.38. The molecule has 1 aliphatic rings. The van der Waals surface area contributed by atoms with Crippen molar-refractivity contribution in [3.05, 3.63) is 46.6 Å². The summed E-state index contributed by atoms with van der Waals surface area (Å²) in [6, 6.07) is 7.89. The number of aryl methyl sites for hydroxylation is 1. The molecule has 1 aliphatic heterocycles. The van der Waals surface area contributed by atoms with Crippen LogP contribution in [0.4, 0.5) is 4.39 Å². The normalized spacial score (nSPS) is 23.4. The number of nitrogens with zero attached hydrogens (tertiary/aromatic N) is 1. The van der Waals surface area contributed by atoms with Crippen LogP contribution in [0.1, 0.15) is 61.4 Å². The van der Waals surface area contributed by atoms with Crippen molar-refractivity contribution in [3.8, 4) is 5.88 Å². The molecule has 1 aromatic carbocycles. The minimum Gasteiger partial charge on any atom is -0.443 e. The number of nitrogens with one attached hydrogen (secondary N) is 2. The number of rotatable bonds is 13. The Bertz CT molecular complexity index is 1060. The van der Waals surface area contributed by atoms with Crippen LogP contribution < -0.4 is 15.8 Å². The summed E-state index contributed by atoms with van der Waals surface area (Å²) < 4.78 is 25.2. The summed E-state index contributed by atoms with van der Waals surface area (Å²) in [6.45, 7) is 3.53. The van der Waals surface area contributed by atoms with Gasteiger partial charge in [0.2, 0.25) is 24.0 Å². The van der Waals surface area contributed by atoms with Crippen LogP contribution in [0.5, 0.6) is 5.88 Å². The second-order valence-corrected chi connectivity index (χ2v) is 9.76. The number of carbonyl (C=O) groups excluding carboxylic acids is 2. The number of halogens is 1. The topological polar surface area (TPSA) is 180 Å². The maximum Gasteiger partial charge on any atom is 0.238 e. The lowest BCUT2D eigenvalue weighted by Crippen LogP contribution is -2.58. The Hall–Kier alpha value is -3.06. The van der Waals surface area contributed by atoms with E-state index < -0.39 is 43.3 Å².